The van der Waals surface area contributed by atoms with E-state index in [9.17, 15) is 0 Å². The first-order chi connectivity index (χ1) is 4.42. The Morgan fingerprint density at radius 3 is 2.09 bits per heavy atom. The maximum atomic E-state index is 3.69. The highest BCUT2D eigenvalue weighted by Crippen LogP contribution is 1.87. The predicted molar refractivity (Wildman–Crippen MR) is 45.5 cm³/mol. The van der Waals surface area contributed by atoms with Crippen molar-refractivity contribution >= 4 is 0 Å². The average Bonchev–Trinajstić information content (AvgIpc) is 1.59. The fraction of sp³-hybridized carbons (Fsp3) is 0.556. The predicted octanol–water partition coefficient (Wildman–Crippen LogP) is -1.72. The van der Waals surface area contributed by atoms with E-state index >= 15 is 0 Å². The third-order valence-electron chi connectivity index (χ3n) is 0.855. The van der Waals surface area contributed by atoms with Crippen LogP contribution >= 0.6 is 0 Å². The second kappa shape index (κ2) is 5.62. The van der Waals surface area contributed by atoms with E-state index in [1.165, 1.54) is 0 Å². The topological polar surface area (TPSA) is 0 Å². The Hall–Kier alpha value is -0.0100. The van der Waals surface area contributed by atoms with Crippen molar-refractivity contribution < 1.29 is 28.5 Å². The van der Waals surface area contributed by atoms with Crippen molar-refractivity contribution in [2.75, 3.05) is 27.7 Å². The molecule has 0 rings (SSSR count). The van der Waals surface area contributed by atoms with Crippen LogP contribution in [0.3, 0.4) is 0 Å². The van der Waals surface area contributed by atoms with Gasteiger partial charge in [-0.2, -0.15) is 0 Å². The van der Waals surface area contributed by atoms with E-state index in [0.29, 0.717) is 0 Å². The zero-order chi connectivity index (χ0) is 8.20. The molecule has 0 saturated heterocycles. The third kappa shape index (κ3) is 13.1. The maximum absolute atomic E-state index is 3.69. The van der Waals surface area contributed by atoms with Crippen molar-refractivity contribution in [1.82, 2.24) is 0 Å². The Morgan fingerprint density at radius 1 is 1.36 bits per heavy atom. The Balaban J connectivity index is 0. The summed E-state index contributed by atoms with van der Waals surface area (Å²) in [5, 5.41) is 0. The standard InChI is InChI=1S/C9H16N.HI/c1-9(2)7-6-8-10(3,4)5;/h1,8H2,2-5H3;1H/q+1;/p-1. The summed E-state index contributed by atoms with van der Waals surface area (Å²) in [7, 11) is 6.35. The third-order valence-corrected chi connectivity index (χ3v) is 0.855. The van der Waals surface area contributed by atoms with Gasteiger partial charge in [-0.25, -0.2) is 0 Å². The Labute approximate surface area is 87.1 Å². The molecule has 64 valence electrons. The SMILES string of the molecule is C=C(C)C#CC[N+](C)(C)C.[I-]. The molecule has 0 spiro atoms. The van der Waals surface area contributed by atoms with Gasteiger partial charge in [0.15, 0.2) is 0 Å². The lowest BCUT2D eigenvalue weighted by Gasteiger charge is -2.19. The minimum atomic E-state index is 0. The summed E-state index contributed by atoms with van der Waals surface area (Å²) in [6, 6.07) is 0. The number of rotatable bonds is 1. The molecule has 0 N–H and O–H groups in total. The van der Waals surface area contributed by atoms with E-state index in [4.69, 9.17) is 0 Å². The fourth-order valence-corrected chi connectivity index (χ4v) is 0.428. The second-order valence-electron chi connectivity index (χ2n) is 3.53. The summed E-state index contributed by atoms with van der Waals surface area (Å²) < 4.78 is 0.889. The van der Waals surface area contributed by atoms with Gasteiger partial charge in [0.05, 0.1) is 21.1 Å². The van der Waals surface area contributed by atoms with Crippen molar-refractivity contribution in [3.63, 3.8) is 0 Å². The molecule has 11 heavy (non-hydrogen) atoms. The number of halogens is 1. The zero-order valence-corrected chi connectivity index (χ0v) is 9.90. The summed E-state index contributed by atoms with van der Waals surface area (Å²) in [6.07, 6.45) is 0. The lowest BCUT2D eigenvalue weighted by atomic mass is 10.3. The fourth-order valence-electron chi connectivity index (χ4n) is 0.428. The highest BCUT2D eigenvalue weighted by atomic mass is 127. The summed E-state index contributed by atoms with van der Waals surface area (Å²) in [6.45, 7) is 6.50. The van der Waals surface area contributed by atoms with Crippen LogP contribution in [0.25, 0.3) is 0 Å². The van der Waals surface area contributed by atoms with Gasteiger partial charge in [0, 0.05) is 0 Å². The van der Waals surface area contributed by atoms with Gasteiger partial charge >= 0.3 is 0 Å². The molecule has 0 heterocycles. The number of nitrogens with zero attached hydrogens (tertiary/aromatic N) is 1. The first-order valence-corrected chi connectivity index (χ1v) is 3.36. The van der Waals surface area contributed by atoms with Crippen LogP contribution < -0.4 is 24.0 Å². The monoisotopic (exact) mass is 265 g/mol. The molecule has 0 aliphatic rings. The van der Waals surface area contributed by atoms with Gasteiger partial charge in [0.25, 0.3) is 0 Å². The van der Waals surface area contributed by atoms with Crippen LogP contribution in [-0.4, -0.2) is 32.2 Å². The molecule has 0 aromatic carbocycles. The average molecular weight is 265 g/mol. The van der Waals surface area contributed by atoms with Gasteiger partial charge in [-0.15, -0.1) is 0 Å². The van der Waals surface area contributed by atoms with E-state index in [1.807, 2.05) is 6.92 Å². The van der Waals surface area contributed by atoms with E-state index < -0.39 is 0 Å². The Morgan fingerprint density at radius 2 is 1.82 bits per heavy atom. The highest BCUT2D eigenvalue weighted by Gasteiger charge is 2.00. The minimum absolute atomic E-state index is 0. The molecule has 0 aromatic rings. The highest BCUT2D eigenvalue weighted by molar-refractivity contribution is 5.22. The molecule has 0 radical (unpaired) electrons. The van der Waals surface area contributed by atoms with Crippen molar-refractivity contribution in [3.8, 4) is 11.8 Å². The summed E-state index contributed by atoms with van der Waals surface area (Å²) in [4.78, 5) is 0. The Kier molecular flexibility index (Phi) is 6.93. The molecule has 0 aliphatic heterocycles. The molecule has 0 aromatic heterocycles. The van der Waals surface area contributed by atoms with E-state index in [-0.39, 0.29) is 24.0 Å². The van der Waals surface area contributed by atoms with Gasteiger partial charge in [-0.05, 0) is 18.4 Å². The minimum Gasteiger partial charge on any atom is -1.00 e. The second-order valence-corrected chi connectivity index (χ2v) is 3.53. The van der Waals surface area contributed by atoms with Crippen molar-refractivity contribution in [3.05, 3.63) is 12.2 Å². The quantitative estimate of drug-likeness (QED) is 0.300. The molecule has 0 fully saturated rings. The molecule has 0 aliphatic carbocycles. The first-order valence-electron chi connectivity index (χ1n) is 3.36. The summed E-state index contributed by atoms with van der Waals surface area (Å²) in [5.41, 5.74) is 0.938. The van der Waals surface area contributed by atoms with Crippen LogP contribution in [0.4, 0.5) is 0 Å². The van der Waals surface area contributed by atoms with Gasteiger partial charge in [0.1, 0.15) is 6.54 Å². The smallest absolute Gasteiger partial charge is 0.140 e. The van der Waals surface area contributed by atoms with Crippen LogP contribution in [0, 0.1) is 11.8 Å². The molecular formula is C9H16IN. The maximum Gasteiger partial charge on any atom is 0.140 e. The molecule has 0 saturated carbocycles. The van der Waals surface area contributed by atoms with Gasteiger partial charge in [-0.1, -0.05) is 12.5 Å². The number of hydrogen-bond acceptors (Lipinski definition) is 0. The molecule has 0 amide bonds. The van der Waals surface area contributed by atoms with Crippen LogP contribution in [0.15, 0.2) is 12.2 Å². The molecule has 0 unspecified atom stereocenters. The van der Waals surface area contributed by atoms with E-state index in [2.05, 4.69) is 39.6 Å². The Bertz CT molecular complexity index is 178. The molecule has 1 nitrogen and oxygen atoms in total. The number of quaternary nitrogens is 1. The zero-order valence-electron chi connectivity index (χ0n) is 7.74. The van der Waals surface area contributed by atoms with Gasteiger partial charge in [-0.3, -0.25) is 0 Å². The van der Waals surface area contributed by atoms with Crippen LogP contribution in [0.1, 0.15) is 6.92 Å². The van der Waals surface area contributed by atoms with Crippen LogP contribution in [-0.2, 0) is 0 Å². The lowest BCUT2D eigenvalue weighted by Crippen LogP contribution is -3.00. The van der Waals surface area contributed by atoms with Crippen LogP contribution in [0.2, 0.25) is 0 Å². The van der Waals surface area contributed by atoms with Crippen molar-refractivity contribution in [2.24, 2.45) is 0 Å². The van der Waals surface area contributed by atoms with Crippen molar-refractivity contribution in [2.45, 2.75) is 6.92 Å². The largest absolute Gasteiger partial charge is 1.00 e. The van der Waals surface area contributed by atoms with E-state index in [1.54, 1.807) is 0 Å². The number of allylic oxidation sites excluding steroid dienone is 1. The van der Waals surface area contributed by atoms with Gasteiger partial charge < -0.3 is 28.5 Å². The molecule has 0 bridgehead atoms. The van der Waals surface area contributed by atoms with Gasteiger partial charge in [0.2, 0.25) is 0 Å². The summed E-state index contributed by atoms with van der Waals surface area (Å²) in [5.74, 6) is 5.99. The molecule has 2 heteroatoms. The van der Waals surface area contributed by atoms with Crippen LogP contribution in [0.5, 0.6) is 0 Å². The lowest BCUT2D eigenvalue weighted by molar-refractivity contribution is -0.862. The summed E-state index contributed by atoms with van der Waals surface area (Å²) >= 11 is 0. The first kappa shape index (κ1) is 13.6. The normalized spacial score (nSPS) is 9.09. The van der Waals surface area contributed by atoms with Crippen molar-refractivity contribution in [1.29, 1.82) is 0 Å². The molecule has 0 atom stereocenters. The number of hydrogen-bond donors (Lipinski definition) is 0. The van der Waals surface area contributed by atoms with E-state index in [0.717, 1.165) is 16.6 Å². The molecular weight excluding hydrogens is 249 g/mol.